The third-order valence-corrected chi connectivity index (χ3v) is 7.63. The van der Waals surface area contributed by atoms with E-state index in [1.54, 1.807) is 12.1 Å². The highest BCUT2D eigenvalue weighted by atomic mass is 32.2. The first-order chi connectivity index (χ1) is 13.9. The molecule has 2 aromatic rings. The summed E-state index contributed by atoms with van der Waals surface area (Å²) in [5.41, 5.74) is 2.22. The molecule has 5 nitrogen and oxygen atoms in total. The fourth-order valence-electron chi connectivity index (χ4n) is 4.23. The lowest BCUT2D eigenvalue weighted by Gasteiger charge is -2.31. The summed E-state index contributed by atoms with van der Waals surface area (Å²) in [6, 6.07) is 10.3. The lowest BCUT2D eigenvalue weighted by atomic mass is 9.88. The molecule has 154 valence electrons. The Hall–Kier alpha value is -2.41. The number of sulfonamides is 1. The molecule has 0 aromatic heterocycles. The fourth-order valence-corrected chi connectivity index (χ4v) is 5.77. The van der Waals surface area contributed by atoms with Crippen LogP contribution in [0.2, 0.25) is 0 Å². The summed E-state index contributed by atoms with van der Waals surface area (Å²) in [4.78, 5) is 12.6. The lowest BCUT2D eigenvalue weighted by molar-refractivity contribution is -0.120. The van der Waals surface area contributed by atoms with E-state index in [0.29, 0.717) is 24.3 Å². The number of benzene rings is 2. The molecule has 0 bridgehead atoms. The molecule has 0 atom stereocenters. The standard InChI is InChI=1S/C22H25FN2O3S/c23-18-8-11-20(12-9-18)29(27,28)25-14-4-7-17-15-19(10-13-21(17)25)24-22(26)16-5-2-1-3-6-16/h8-13,15-16H,1-7,14H2,(H,24,26). The Morgan fingerprint density at radius 1 is 1.00 bits per heavy atom. The molecule has 2 aliphatic rings. The maximum atomic E-state index is 13.2. The van der Waals surface area contributed by atoms with E-state index in [4.69, 9.17) is 0 Å². The third kappa shape index (κ3) is 4.15. The summed E-state index contributed by atoms with van der Waals surface area (Å²) in [6.45, 7) is 0.375. The van der Waals surface area contributed by atoms with Crippen LogP contribution in [0.25, 0.3) is 0 Å². The van der Waals surface area contributed by atoms with Gasteiger partial charge in [-0.05, 0) is 73.7 Å². The number of anilines is 2. The number of amides is 1. The highest BCUT2D eigenvalue weighted by molar-refractivity contribution is 7.92. The van der Waals surface area contributed by atoms with Gasteiger partial charge >= 0.3 is 0 Å². The van der Waals surface area contributed by atoms with Crippen molar-refractivity contribution < 1.29 is 17.6 Å². The molecule has 2 aromatic carbocycles. The minimum absolute atomic E-state index is 0.0521. The molecule has 0 saturated heterocycles. The molecule has 1 heterocycles. The highest BCUT2D eigenvalue weighted by Gasteiger charge is 2.29. The first-order valence-corrected chi connectivity index (χ1v) is 11.6. The average molecular weight is 417 g/mol. The quantitative estimate of drug-likeness (QED) is 0.799. The van der Waals surface area contributed by atoms with E-state index >= 15 is 0 Å². The maximum absolute atomic E-state index is 13.2. The van der Waals surface area contributed by atoms with E-state index in [1.807, 2.05) is 6.07 Å². The highest BCUT2D eigenvalue weighted by Crippen LogP contribution is 2.34. The summed E-state index contributed by atoms with van der Waals surface area (Å²) >= 11 is 0. The molecule has 4 rings (SSSR count). The summed E-state index contributed by atoms with van der Waals surface area (Å²) in [7, 11) is -3.77. The molecule has 1 aliphatic carbocycles. The van der Waals surface area contributed by atoms with Crippen molar-refractivity contribution in [1.82, 2.24) is 0 Å². The molecule has 0 radical (unpaired) electrons. The van der Waals surface area contributed by atoms with E-state index in [9.17, 15) is 17.6 Å². The van der Waals surface area contributed by atoms with Gasteiger partial charge in [-0.3, -0.25) is 9.10 Å². The molecule has 1 fully saturated rings. The predicted octanol–water partition coefficient (Wildman–Crippen LogP) is 4.49. The Morgan fingerprint density at radius 2 is 1.72 bits per heavy atom. The third-order valence-electron chi connectivity index (χ3n) is 5.80. The summed E-state index contributed by atoms with van der Waals surface area (Å²) in [5, 5.41) is 3.00. The average Bonchev–Trinajstić information content (AvgIpc) is 2.74. The van der Waals surface area contributed by atoms with Gasteiger partial charge in [0.05, 0.1) is 10.6 Å². The van der Waals surface area contributed by atoms with Crippen LogP contribution in [-0.2, 0) is 21.2 Å². The van der Waals surface area contributed by atoms with Crippen LogP contribution in [-0.4, -0.2) is 20.9 Å². The van der Waals surface area contributed by atoms with Crippen molar-refractivity contribution >= 4 is 27.3 Å². The molecule has 1 amide bonds. The number of hydrogen-bond donors (Lipinski definition) is 1. The summed E-state index contributed by atoms with van der Waals surface area (Å²) in [6.07, 6.45) is 6.68. The number of fused-ring (bicyclic) bond motifs is 1. The number of carbonyl (C=O) groups excluding carboxylic acids is 1. The Balaban J connectivity index is 1.57. The SMILES string of the molecule is O=C(Nc1ccc2c(c1)CCCN2S(=O)(=O)c1ccc(F)cc1)C1CCCCC1. The number of hydrogen-bond acceptors (Lipinski definition) is 3. The van der Waals surface area contributed by atoms with Crippen LogP contribution in [0.3, 0.4) is 0 Å². The monoisotopic (exact) mass is 416 g/mol. The topological polar surface area (TPSA) is 66.5 Å². The van der Waals surface area contributed by atoms with Crippen LogP contribution in [0.1, 0.15) is 44.1 Å². The van der Waals surface area contributed by atoms with Gasteiger partial charge in [0.1, 0.15) is 5.82 Å². The van der Waals surface area contributed by atoms with Crippen molar-refractivity contribution in [3.8, 4) is 0 Å². The van der Waals surface area contributed by atoms with Gasteiger partial charge in [0.25, 0.3) is 10.0 Å². The van der Waals surface area contributed by atoms with Crippen LogP contribution in [0.4, 0.5) is 15.8 Å². The second-order valence-corrected chi connectivity index (χ2v) is 9.66. The van der Waals surface area contributed by atoms with E-state index in [0.717, 1.165) is 49.8 Å². The van der Waals surface area contributed by atoms with Crippen LogP contribution in [0.5, 0.6) is 0 Å². The maximum Gasteiger partial charge on any atom is 0.264 e. The van der Waals surface area contributed by atoms with Gasteiger partial charge in [0, 0.05) is 18.2 Å². The normalized spacial score (nSPS) is 17.6. The second kappa shape index (κ2) is 8.14. The van der Waals surface area contributed by atoms with E-state index in [-0.39, 0.29) is 16.7 Å². The van der Waals surface area contributed by atoms with Gasteiger partial charge < -0.3 is 5.32 Å². The number of aryl methyl sites for hydroxylation is 1. The molecule has 29 heavy (non-hydrogen) atoms. The predicted molar refractivity (Wildman–Crippen MR) is 111 cm³/mol. The first-order valence-electron chi connectivity index (χ1n) is 10.2. The largest absolute Gasteiger partial charge is 0.326 e. The number of rotatable bonds is 4. The number of carbonyl (C=O) groups is 1. The van der Waals surface area contributed by atoms with Gasteiger partial charge in [-0.25, -0.2) is 12.8 Å². The summed E-state index contributed by atoms with van der Waals surface area (Å²) < 4.78 is 40.7. The molecule has 0 spiro atoms. The Bertz CT molecular complexity index is 999. The zero-order valence-electron chi connectivity index (χ0n) is 16.2. The van der Waals surface area contributed by atoms with E-state index < -0.39 is 15.8 Å². The van der Waals surface area contributed by atoms with Crippen molar-refractivity contribution in [3.63, 3.8) is 0 Å². The first kappa shape index (κ1) is 19.9. The fraction of sp³-hybridized carbons (Fsp3) is 0.409. The van der Waals surface area contributed by atoms with Gasteiger partial charge in [0.2, 0.25) is 5.91 Å². The van der Waals surface area contributed by atoms with Crippen LogP contribution in [0, 0.1) is 11.7 Å². The molecule has 0 unspecified atom stereocenters. The number of halogens is 1. The minimum atomic E-state index is -3.77. The molecular formula is C22H25FN2O3S. The van der Waals surface area contributed by atoms with Crippen molar-refractivity contribution in [1.29, 1.82) is 0 Å². The minimum Gasteiger partial charge on any atom is -0.326 e. The van der Waals surface area contributed by atoms with Gasteiger partial charge in [0.15, 0.2) is 0 Å². The molecule has 1 aliphatic heterocycles. The smallest absolute Gasteiger partial charge is 0.264 e. The van der Waals surface area contributed by atoms with Crippen molar-refractivity contribution in [2.24, 2.45) is 5.92 Å². The Kier molecular flexibility index (Phi) is 5.58. The molecule has 7 heteroatoms. The Labute approximate surface area is 171 Å². The molecule has 1 N–H and O–H groups in total. The molecular weight excluding hydrogens is 391 g/mol. The zero-order chi connectivity index (χ0) is 20.4. The Morgan fingerprint density at radius 3 is 2.45 bits per heavy atom. The van der Waals surface area contributed by atoms with Crippen molar-refractivity contribution in [2.45, 2.75) is 49.8 Å². The van der Waals surface area contributed by atoms with E-state index in [2.05, 4.69) is 5.32 Å². The van der Waals surface area contributed by atoms with Crippen LogP contribution in [0.15, 0.2) is 47.4 Å². The van der Waals surface area contributed by atoms with Gasteiger partial charge in [-0.2, -0.15) is 0 Å². The zero-order valence-corrected chi connectivity index (χ0v) is 17.1. The lowest BCUT2D eigenvalue weighted by Crippen LogP contribution is -2.35. The van der Waals surface area contributed by atoms with Crippen LogP contribution >= 0.6 is 0 Å². The van der Waals surface area contributed by atoms with Gasteiger partial charge in [-0.15, -0.1) is 0 Å². The number of nitrogens with zero attached hydrogens (tertiary/aromatic N) is 1. The second-order valence-electron chi connectivity index (χ2n) is 7.80. The number of nitrogens with one attached hydrogen (secondary N) is 1. The van der Waals surface area contributed by atoms with E-state index in [1.165, 1.54) is 22.9 Å². The van der Waals surface area contributed by atoms with Crippen LogP contribution < -0.4 is 9.62 Å². The van der Waals surface area contributed by atoms with Crippen molar-refractivity contribution in [3.05, 3.63) is 53.8 Å². The summed E-state index contributed by atoms with van der Waals surface area (Å²) in [5.74, 6) is -0.354. The van der Waals surface area contributed by atoms with Gasteiger partial charge in [-0.1, -0.05) is 19.3 Å². The molecule has 1 saturated carbocycles. The van der Waals surface area contributed by atoms with Crippen molar-refractivity contribution in [2.75, 3.05) is 16.2 Å².